The van der Waals surface area contributed by atoms with Gasteiger partial charge in [-0.3, -0.25) is 0 Å². The maximum atomic E-state index is 5.67. The van der Waals surface area contributed by atoms with Gasteiger partial charge in [0.05, 0.1) is 0 Å². The molecule has 1 aromatic rings. The summed E-state index contributed by atoms with van der Waals surface area (Å²) in [6.07, 6.45) is 9.90. The molecule has 1 aliphatic carbocycles. The first kappa shape index (κ1) is 12.6. The van der Waals surface area contributed by atoms with E-state index in [4.69, 9.17) is 11.6 Å². The highest BCUT2D eigenvalue weighted by atomic mass is 35.5. The van der Waals surface area contributed by atoms with Crippen LogP contribution in [0.15, 0.2) is 6.33 Å². The molecule has 2 rings (SSSR count). The third-order valence-electron chi connectivity index (χ3n) is 3.23. The summed E-state index contributed by atoms with van der Waals surface area (Å²) in [5.74, 6) is 1.79. The molecule has 0 bridgehead atoms. The number of anilines is 1. The van der Waals surface area contributed by atoms with E-state index in [9.17, 15) is 0 Å². The van der Waals surface area contributed by atoms with Crippen LogP contribution in [0.25, 0.3) is 0 Å². The van der Waals surface area contributed by atoms with Gasteiger partial charge in [0.2, 0.25) is 0 Å². The molecule has 1 aromatic heterocycles. The van der Waals surface area contributed by atoms with Gasteiger partial charge in [-0.25, -0.2) is 9.97 Å². The van der Waals surface area contributed by atoms with Crippen molar-refractivity contribution >= 4 is 17.4 Å². The molecular weight excluding hydrogens is 234 g/mol. The Morgan fingerprint density at radius 2 is 2.00 bits per heavy atom. The van der Waals surface area contributed by atoms with Gasteiger partial charge in [0, 0.05) is 23.7 Å². The number of aryl methyl sites for hydroxylation is 1. The van der Waals surface area contributed by atoms with Crippen LogP contribution in [0.5, 0.6) is 0 Å². The Hall–Kier alpha value is -0.830. The van der Waals surface area contributed by atoms with Crippen LogP contribution in [-0.4, -0.2) is 22.4 Å². The van der Waals surface area contributed by atoms with Gasteiger partial charge in [0.1, 0.15) is 12.1 Å². The fourth-order valence-electron chi connectivity index (χ4n) is 2.28. The van der Waals surface area contributed by atoms with Crippen molar-refractivity contribution in [1.29, 1.82) is 0 Å². The monoisotopic (exact) mass is 253 g/mol. The summed E-state index contributed by atoms with van der Waals surface area (Å²) in [6.45, 7) is 0.955. The number of fused-ring (bicyclic) bond motifs is 1. The number of aromatic nitrogens is 2. The summed E-state index contributed by atoms with van der Waals surface area (Å²) in [4.78, 5) is 8.79. The van der Waals surface area contributed by atoms with Gasteiger partial charge in [-0.1, -0.05) is 6.42 Å². The highest BCUT2D eigenvalue weighted by Gasteiger charge is 2.13. The molecule has 0 aromatic carbocycles. The summed E-state index contributed by atoms with van der Waals surface area (Å²) in [7, 11) is 0. The Labute approximate surface area is 108 Å². The van der Waals surface area contributed by atoms with Crippen LogP contribution in [0.2, 0.25) is 0 Å². The summed E-state index contributed by atoms with van der Waals surface area (Å²) in [5, 5.41) is 3.43. The molecular formula is C13H20ClN3. The highest BCUT2D eigenvalue weighted by molar-refractivity contribution is 6.17. The average molecular weight is 254 g/mol. The molecule has 0 atom stereocenters. The molecule has 17 heavy (non-hydrogen) atoms. The number of hydrogen-bond donors (Lipinski definition) is 1. The van der Waals surface area contributed by atoms with Gasteiger partial charge in [-0.05, 0) is 38.5 Å². The lowest BCUT2D eigenvalue weighted by Gasteiger charge is -2.11. The average Bonchev–Trinajstić information content (AvgIpc) is 2.60. The van der Waals surface area contributed by atoms with E-state index in [0.29, 0.717) is 0 Å². The molecule has 0 radical (unpaired) electrons. The van der Waals surface area contributed by atoms with E-state index < -0.39 is 0 Å². The molecule has 4 heteroatoms. The van der Waals surface area contributed by atoms with Crippen LogP contribution in [0.3, 0.4) is 0 Å². The molecule has 0 unspecified atom stereocenters. The predicted octanol–water partition coefficient (Wildman–Crippen LogP) is 3.18. The summed E-state index contributed by atoms with van der Waals surface area (Å²) in [5.41, 5.74) is 2.59. The van der Waals surface area contributed by atoms with Gasteiger partial charge in [0.15, 0.2) is 0 Å². The molecule has 0 aliphatic heterocycles. The predicted molar refractivity (Wildman–Crippen MR) is 71.7 cm³/mol. The highest BCUT2D eigenvalue weighted by Crippen LogP contribution is 2.23. The molecule has 1 N–H and O–H groups in total. The van der Waals surface area contributed by atoms with Gasteiger partial charge < -0.3 is 5.32 Å². The van der Waals surface area contributed by atoms with Crippen LogP contribution in [0.1, 0.15) is 43.4 Å². The molecule has 0 saturated carbocycles. The fraction of sp³-hybridized carbons (Fsp3) is 0.692. The van der Waals surface area contributed by atoms with Crippen molar-refractivity contribution in [3.05, 3.63) is 17.6 Å². The molecule has 1 aliphatic rings. The minimum absolute atomic E-state index is 0.740. The summed E-state index contributed by atoms with van der Waals surface area (Å²) >= 11 is 5.67. The van der Waals surface area contributed by atoms with Gasteiger partial charge in [-0.2, -0.15) is 0 Å². The van der Waals surface area contributed by atoms with E-state index in [0.717, 1.165) is 43.9 Å². The first-order valence-electron chi connectivity index (χ1n) is 6.54. The number of rotatable bonds is 5. The summed E-state index contributed by atoms with van der Waals surface area (Å²) in [6, 6.07) is 0. The molecule has 0 fully saturated rings. The number of unbranched alkanes of at least 4 members (excludes halogenated alkanes) is 1. The zero-order valence-electron chi connectivity index (χ0n) is 10.2. The van der Waals surface area contributed by atoms with E-state index in [-0.39, 0.29) is 0 Å². The van der Waals surface area contributed by atoms with Crippen molar-refractivity contribution in [3.63, 3.8) is 0 Å². The van der Waals surface area contributed by atoms with Crippen molar-refractivity contribution in [2.75, 3.05) is 17.7 Å². The number of alkyl halides is 1. The third-order valence-corrected chi connectivity index (χ3v) is 3.50. The third kappa shape index (κ3) is 3.56. The number of halogens is 1. The minimum Gasteiger partial charge on any atom is -0.370 e. The zero-order chi connectivity index (χ0) is 11.9. The maximum absolute atomic E-state index is 5.67. The number of hydrogen-bond acceptors (Lipinski definition) is 3. The molecule has 0 spiro atoms. The van der Waals surface area contributed by atoms with E-state index >= 15 is 0 Å². The van der Waals surface area contributed by atoms with Crippen LogP contribution < -0.4 is 5.32 Å². The summed E-state index contributed by atoms with van der Waals surface area (Å²) < 4.78 is 0. The Kier molecular flexibility index (Phi) is 5.05. The van der Waals surface area contributed by atoms with Gasteiger partial charge >= 0.3 is 0 Å². The quantitative estimate of drug-likeness (QED) is 0.498. The van der Waals surface area contributed by atoms with Crippen LogP contribution in [-0.2, 0) is 12.8 Å². The van der Waals surface area contributed by atoms with Gasteiger partial charge in [0.25, 0.3) is 0 Å². The second-order valence-electron chi connectivity index (χ2n) is 4.53. The molecule has 0 amide bonds. The lowest BCUT2D eigenvalue weighted by Crippen LogP contribution is -2.09. The lowest BCUT2D eigenvalue weighted by molar-refractivity contribution is 0.708. The maximum Gasteiger partial charge on any atom is 0.132 e. The molecule has 0 saturated heterocycles. The largest absolute Gasteiger partial charge is 0.370 e. The molecule has 3 nitrogen and oxygen atoms in total. The Morgan fingerprint density at radius 1 is 1.12 bits per heavy atom. The van der Waals surface area contributed by atoms with Crippen molar-refractivity contribution in [2.45, 2.75) is 44.9 Å². The smallest absolute Gasteiger partial charge is 0.132 e. The molecule has 1 heterocycles. The lowest BCUT2D eigenvalue weighted by atomic mass is 10.1. The Bertz CT molecular complexity index is 355. The molecule has 94 valence electrons. The first-order valence-corrected chi connectivity index (χ1v) is 7.08. The van der Waals surface area contributed by atoms with Crippen molar-refractivity contribution in [3.8, 4) is 0 Å². The fourth-order valence-corrected chi connectivity index (χ4v) is 2.47. The second kappa shape index (κ2) is 6.80. The Morgan fingerprint density at radius 3 is 2.88 bits per heavy atom. The number of nitrogens with one attached hydrogen (secondary N) is 1. The standard InChI is InChI=1S/C13H20ClN3/c14-8-4-5-9-15-13-11-6-2-1-3-7-12(11)16-10-17-13/h10H,1-9H2,(H,15,16,17). The van der Waals surface area contributed by atoms with E-state index in [1.165, 1.54) is 30.5 Å². The van der Waals surface area contributed by atoms with Crippen molar-refractivity contribution < 1.29 is 0 Å². The van der Waals surface area contributed by atoms with Crippen LogP contribution in [0, 0.1) is 0 Å². The second-order valence-corrected chi connectivity index (χ2v) is 4.91. The Balaban J connectivity index is 2.01. The normalized spacial score (nSPS) is 15.1. The zero-order valence-corrected chi connectivity index (χ0v) is 11.0. The first-order chi connectivity index (χ1) is 8.42. The van der Waals surface area contributed by atoms with Crippen molar-refractivity contribution in [2.24, 2.45) is 0 Å². The van der Waals surface area contributed by atoms with Crippen LogP contribution in [0.4, 0.5) is 5.82 Å². The van der Waals surface area contributed by atoms with Gasteiger partial charge in [-0.15, -0.1) is 11.6 Å². The van der Waals surface area contributed by atoms with E-state index in [1.807, 2.05) is 0 Å². The SMILES string of the molecule is ClCCCCNc1ncnc2c1CCCCC2. The van der Waals surface area contributed by atoms with Crippen molar-refractivity contribution in [1.82, 2.24) is 9.97 Å². The minimum atomic E-state index is 0.740. The number of nitrogens with zero attached hydrogens (tertiary/aromatic N) is 2. The van der Waals surface area contributed by atoms with Crippen LogP contribution >= 0.6 is 11.6 Å². The van der Waals surface area contributed by atoms with E-state index in [2.05, 4.69) is 15.3 Å². The van der Waals surface area contributed by atoms with E-state index in [1.54, 1.807) is 6.33 Å². The topological polar surface area (TPSA) is 37.8 Å².